The number of para-hydroxylation sites is 2. The molecule has 0 radical (unpaired) electrons. The predicted octanol–water partition coefficient (Wildman–Crippen LogP) is 15.3. The molecule has 59 heavy (non-hydrogen) atoms. The zero-order valence-corrected chi connectivity index (χ0v) is 31.9. The van der Waals surface area contributed by atoms with Crippen molar-refractivity contribution in [2.24, 2.45) is 0 Å². The average Bonchev–Trinajstić information content (AvgIpc) is 3.70. The smallest absolute Gasteiger partial charge is 0.160 e. The minimum Gasteiger partial charge on any atom is -0.455 e. The van der Waals surface area contributed by atoms with Crippen LogP contribution < -0.4 is 0 Å². The van der Waals surface area contributed by atoms with Gasteiger partial charge in [-0.3, -0.25) is 0 Å². The summed E-state index contributed by atoms with van der Waals surface area (Å²) in [5.41, 5.74) is 11.1. The number of fused-ring (bicyclic) bond motifs is 8. The minimum atomic E-state index is 0.675. The summed E-state index contributed by atoms with van der Waals surface area (Å²) < 4.78 is 6.44. The molecule has 0 atom stereocenters. The van der Waals surface area contributed by atoms with Crippen LogP contribution >= 0.6 is 0 Å². The number of aromatic nitrogens is 2. The Bertz CT molecular complexity index is 3600. The van der Waals surface area contributed by atoms with Gasteiger partial charge in [-0.1, -0.05) is 170 Å². The highest BCUT2D eigenvalue weighted by atomic mass is 16.3. The summed E-state index contributed by atoms with van der Waals surface area (Å²) in [6.45, 7) is 0. The van der Waals surface area contributed by atoms with Gasteiger partial charge in [-0.25, -0.2) is 9.97 Å². The maximum atomic E-state index is 6.44. The van der Waals surface area contributed by atoms with Crippen LogP contribution in [0.25, 0.3) is 121 Å². The molecule has 3 nitrogen and oxygen atoms in total. The van der Waals surface area contributed by atoms with Crippen molar-refractivity contribution < 1.29 is 4.42 Å². The summed E-state index contributed by atoms with van der Waals surface area (Å²) >= 11 is 0. The van der Waals surface area contributed by atoms with Crippen molar-refractivity contribution in [3.63, 3.8) is 0 Å². The first kappa shape index (κ1) is 33.3. The molecule has 0 saturated carbocycles. The molecule has 0 saturated heterocycles. The third-order valence-electron chi connectivity index (χ3n) is 11.9. The van der Waals surface area contributed by atoms with E-state index in [1.165, 1.54) is 59.8 Å². The molecule has 12 aromatic rings. The highest BCUT2D eigenvalue weighted by Gasteiger charge is 2.17. The summed E-state index contributed by atoms with van der Waals surface area (Å²) in [7, 11) is 0. The number of benzene rings is 10. The Balaban J connectivity index is 0.923. The van der Waals surface area contributed by atoms with Crippen LogP contribution in [0.2, 0.25) is 0 Å². The lowest BCUT2D eigenvalue weighted by Gasteiger charge is -2.15. The van der Waals surface area contributed by atoms with Gasteiger partial charge in [0, 0.05) is 27.5 Å². The van der Waals surface area contributed by atoms with Crippen LogP contribution in [0.15, 0.2) is 211 Å². The molecule has 0 fully saturated rings. The second-order valence-electron chi connectivity index (χ2n) is 15.3. The van der Waals surface area contributed by atoms with Gasteiger partial charge in [-0.15, -0.1) is 0 Å². The SMILES string of the molecule is c1ccc(-c2nc(-c3ccc(-c4ccc5cc(-c6c7ccccc7cc7c6ccc6ccccc67)ccc5c4)cc3)cc(-c3cccc4c3oc3ccccc34)n2)cc1. The molecule has 0 aliphatic heterocycles. The van der Waals surface area contributed by atoms with Crippen molar-refractivity contribution in [3.05, 3.63) is 206 Å². The van der Waals surface area contributed by atoms with Gasteiger partial charge in [0.1, 0.15) is 11.2 Å². The van der Waals surface area contributed by atoms with Crippen molar-refractivity contribution in [1.29, 1.82) is 0 Å². The summed E-state index contributed by atoms with van der Waals surface area (Å²) in [5, 5.41) is 12.2. The van der Waals surface area contributed by atoms with Crippen LogP contribution in [-0.2, 0) is 0 Å². The monoisotopic (exact) mass is 750 g/mol. The van der Waals surface area contributed by atoms with Gasteiger partial charge in [0.05, 0.1) is 11.4 Å². The van der Waals surface area contributed by atoms with E-state index in [-0.39, 0.29) is 0 Å². The van der Waals surface area contributed by atoms with Crippen LogP contribution in [0, 0.1) is 0 Å². The lowest BCUT2D eigenvalue weighted by molar-refractivity contribution is 0.670. The van der Waals surface area contributed by atoms with E-state index in [1.807, 2.05) is 36.4 Å². The molecular weight excluding hydrogens is 717 g/mol. The van der Waals surface area contributed by atoms with Crippen LogP contribution in [0.1, 0.15) is 0 Å². The van der Waals surface area contributed by atoms with Gasteiger partial charge in [-0.05, 0) is 102 Å². The van der Waals surface area contributed by atoms with Gasteiger partial charge in [0.15, 0.2) is 5.82 Å². The lowest BCUT2D eigenvalue weighted by Crippen LogP contribution is -1.96. The molecule has 0 amide bonds. The Morgan fingerprint density at radius 1 is 0.305 bits per heavy atom. The van der Waals surface area contributed by atoms with Crippen LogP contribution in [0.4, 0.5) is 0 Å². The molecule has 0 bridgehead atoms. The zero-order chi connectivity index (χ0) is 38.9. The van der Waals surface area contributed by atoms with Crippen molar-refractivity contribution in [2.75, 3.05) is 0 Å². The molecule has 2 aromatic heterocycles. The van der Waals surface area contributed by atoms with E-state index < -0.39 is 0 Å². The molecule has 12 rings (SSSR count). The lowest BCUT2D eigenvalue weighted by atomic mass is 9.89. The molecular formula is C56H34N2O. The maximum Gasteiger partial charge on any atom is 0.160 e. The van der Waals surface area contributed by atoms with Crippen molar-refractivity contribution in [1.82, 2.24) is 9.97 Å². The molecule has 0 aliphatic carbocycles. The molecule has 0 N–H and O–H groups in total. The van der Waals surface area contributed by atoms with Gasteiger partial charge in [0.2, 0.25) is 0 Å². The number of nitrogens with zero attached hydrogens (tertiary/aromatic N) is 2. The van der Waals surface area contributed by atoms with Gasteiger partial charge in [0.25, 0.3) is 0 Å². The number of hydrogen-bond donors (Lipinski definition) is 0. The second-order valence-corrected chi connectivity index (χ2v) is 15.3. The third kappa shape index (κ3) is 5.59. The molecule has 0 spiro atoms. The number of furan rings is 1. The molecule has 2 heterocycles. The van der Waals surface area contributed by atoms with E-state index in [1.54, 1.807) is 0 Å². The zero-order valence-electron chi connectivity index (χ0n) is 31.9. The second kappa shape index (κ2) is 13.4. The number of hydrogen-bond acceptors (Lipinski definition) is 3. The normalized spacial score (nSPS) is 11.7. The maximum absolute atomic E-state index is 6.44. The number of rotatable bonds is 5. The first-order valence-electron chi connectivity index (χ1n) is 20.1. The topological polar surface area (TPSA) is 38.9 Å². The summed E-state index contributed by atoms with van der Waals surface area (Å²) in [5.74, 6) is 0.675. The van der Waals surface area contributed by atoms with E-state index >= 15 is 0 Å². The van der Waals surface area contributed by atoms with E-state index in [4.69, 9.17) is 14.4 Å². The Hall–Kier alpha value is -7.88. The van der Waals surface area contributed by atoms with E-state index in [0.29, 0.717) is 5.82 Å². The molecule has 0 unspecified atom stereocenters. The third-order valence-corrected chi connectivity index (χ3v) is 11.9. The molecule has 3 heteroatoms. The Kier molecular flexibility index (Phi) is 7.54. The largest absolute Gasteiger partial charge is 0.455 e. The predicted molar refractivity (Wildman–Crippen MR) is 247 cm³/mol. The van der Waals surface area contributed by atoms with Crippen molar-refractivity contribution in [3.8, 4) is 56.2 Å². The first-order chi connectivity index (χ1) is 29.2. The fourth-order valence-corrected chi connectivity index (χ4v) is 8.94. The van der Waals surface area contributed by atoms with E-state index in [2.05, 4.69) is 170 Å². The van der Waals surface area contributed by atoms with Gasteiger partial charge < -0.3 is 4.42 Å². The van der Waals surface area contributed by atoms with Crippen LogP contribution in [-0.4, -0.2) is 9.97 Å². The van der Waals surface area contributed by atoms with Crippen molar-refractivity contribution >= 4 is 65.0 Å². The van der Waals surface area contributed by atoms with Gasteiger partial charge >= 0.3 is 0 Å². The molecule has 0 aliphatic rings. The molecule has 274 valence electrons. The quantitative estimate of drug-likeness (QED) is 0.130. The highest BCUT2D eigenvalue weighted by molar-refractivity contribution is 6.20. The molecule has 10 aromatic carbocycles. The Morgan fingerprint density at radius 2 is 0.932 bits per heavy atom. The first-order valence-corrected chi connectivity index (χ1v) is 20.1. The fourth-order valence-electron chi connectivity index (χ4n) is 8.94. The van der Waals surface area contributed by atoms with Crippen LogP contribution in [0.3, 0.4) is 0 Å². The van der Waals surface area contributed by atoms with E-state index in [0.717, 1.165) is 55.6 Å². The minimum absolute atomic E-state index is 0.675. The summed E-state index contributed by atoms with van der Waals surface area (Å²) in [6.07, 6.45) is 0. The van der Waals surface area contributed by atoms with E-state index in [9.17, 15) is 0 Å². The average molecular weight is 751 g/mol. The standard InChI is InChI=1S/C56H34N2O/c1-2-12-38(13-3-1)56-57-51(34-52(58-56)49-19-10-18-48-46-17-8-9-20-53(46)59-55(48)49)37-23-21-35(22-24-37)39-25-26-41-32-43(28-27-40(41)31-39)54-45-16-7-5-14-42(45)33-50-44-15-6-4-11-36(44)29-30-47(50)54/h1-34H. The highest BCUT2D eigenvalue weighted by Crippen LogP contribution is 2.41. The van der Waals surface area contributed by atoms with Crippen molar-refractivity contribution in [2.45, 2.75) is 0 Å². The Morgan fingerprint density at radius 3 is 1.78 bits per heavy atom. The van der Waals surface area contributed by atoms with Crippen LogP contribution in [0.5, 0.6) is 0 Å². The Labute approximate surface area is 340 Å². The van der Waals surface area contributed by atoms with Gasteiger partial charge in [-0.2, -0.15) is 0 Å². The fraction of sp³-hybridized carbons (Fsp3) is 0. The summed E-state index contributed by atoms with van der Waals surface area (Å²) in [6, 6.07) is 73.5. The summed E-state index contributed by atoms with van der Waals surface area (Å²) in [4.78, 5) is 10.2.